The Hall–Kier alpha value is 1.33. The average molecular weight is 894 g/mol. The lowest BCUT2D eigenvalue weighted by atomic mass is 10.1. The summed E-state index contributed by atoms with van der Waals surface area (Å²) in [6.45, 7) is 0. The van der Waals surface area contributed by atoms with E-state index in [2.05, 4.69) is 0 Å². The molecular formula is C9H32BO29P9. The normalized spacial score (nSPS) is 19.8. The van der Waals surface area contributed by atoms with Crippen molar-refractivity contribution in [3.8, 4) is 0 Å². The Labute approximate surface area is 267 Å². The molecule has 0 aliphatic rings. The van der Waals surface area contributed by atoms with Crippen LogP contribution in [0.15, 0.2) is 0 Å². The van der Waals surface area contributed by atoms with Crippen molar-refractivity contribution in [2.24, 2.45) is 0 Å². The van der Waals surface area contributed by atoms with E-state index in [1.165, 1.54) is 0 Å². The van der Waals surface area contributed by atoms with Crippen LogP contribution in [-0.2, 0) is 41.1 Å². The van der Waals surface area contributed by atoms with Gasteiger partial charge in [-0.15, -0.1) is 0 Å². The molecule has 0 saturated carbocycles. The molecule has 290 valence electrons. The molecule has 0 aliphatic heterocycles. The summed E-state index contributed by atoms with van der Waals surface area (Å²) in [4.78, 5) is 175. The van der Waals surface area contributed by atoms with Crippen LogP contribution in [0.25, 0.3) is 0 Å². The third-order valence-corrected chi connectivity index (χ3v) is 19.9. The second kappa shape index (κ2) is 15.6. The Morgan fingerprint density at radius 1 is 0.375 bits per heavy atom. The predicted octanol–water partition coefficient (Wildman–Crippen LogP) is -6.38. The zero-order valence-corrected chi connectivity index (χ0v) is 29.9. The van der Waals surface area contributed by atoms with Gasteiger partial charge >= 0.3 is 68.4 Å². The van der Waals surface area contributed by atoms with Crippen LogP contribution in [-0.4, -0.2) is 158 Å². The van der Waals surface area contributed by atoms with Crippen molar-refractivity contribution in [2.45, 2.75) is 45.1 Å². The molecule has 7 atom stereocenters. The standard InChI is InChI=1S/C9H29O29P9.BH3/c10-9(11,47(36,37)38)8(46(33,34)35)7(45(30,31)32)6(44(27,28)29)5(43(24,25)26)4(42(21,22)23)3(41(18,19)20)2(40(15,16)17)1-39(12,13)14;/h2-8,10-11H,1H2,(H2,12,13,14)(H2,15,16,17)(H2,18,19,20)(H2,21,22,23)(H2,24,25,26)(H2,27,28,29)(H2,30,31,32)(H2,33,34,35)(H2,36,37,38);1H3. The summed E-state index contributed by atoms with van der Waals surface area (Å²) >= 11 is 0. The van der Waals surface area contributed by atoms with Crippen LogP contribution in [0.4, 0.5) is 0 Å². The molecule has 0 aromatic rings. The van der Waals surface area contributed by atoms with Gasteiger partial charge in [0.1, 0.15) is 5.66 Å². The van der Waals surface area contributed by atoms with Gasteiger partial charge in [-0.1, -0.05) is 0 Å². The monoisotopic (exact) mass is 894 g/mol. The minimum absolute atomic E-state index is 0. The summed E-state index contributed by atoms with van der Waals surface area (Å²) in [6, 6.07) is 0. The van der Waals surface area contributed by atoms with Gasteiger partial charge in [0.25, 0.3) is 5.53 Å². The maximum atomic E-state index is 12.7. The summed E-state index contributed by atoms with van der Waals surface area (Å²) in [5, 5.41) is 20.0. The predicted molar refractivity (Wildman–Crippen MR) is 157 cm³/mol. The second-order valence-electron chi connectivity index (χ2n) is 9.67. The first-order valence-electron chi connectivity index (χ1n) is 10.7. The SMILES string of the molecule is B.O=P(O)(O)CC(C(C(C(C(C(C(C(O)(O)P(=O)(O)O)P(=O)(O)O)P(=O)(O)O)P(=O)(O)O)P(=O)(O)O)P(=O)(O)O)P(=O)(O)O)P(=O)(O)O. The van der Waals surface area contributed by atoms with E-state index in [9.17, 15) is 139 Å². The lowest BCUT2D eigenvalue weighted by Gasteiger charge is -2.45. The zero-order chi connectivity index (χ0) is 38.7. The first-order valence-corrected chi connectivity index (χ1v) is 25.9. The molecule has 0 amide bonds. The van der Waals surface area contributed by atoms with Crippen molar-refractivity contribution in [3.63, 3.8) is 0 Å². The Morgan fingerprint density at radius 3 is 0.812 bits per heavy atom. The fourth-order valence-electron chi connectivity index (χ4n) is 4.50. The van der Waals surface area contributed by atoms with Crippen LogP contribution < -0.4 is 0 Å². The van der Waals surface area contributed by atoms with E-state index in [1.54, 1.807) is 0 Å². The largest absolute Gasteiger partial charge is 0.385 e. The molecule has 48 heavy (non-hydrogen) atoms. The van der Waals surface area contributed by atoms with Crippen molar-refractivity contribution < 1.29 is 139 Å². The van der Waals surface area contributed by atoms with Crippen LogP contribution in [0.2, 0.25) is 0 Å². The van der Waals surface area contributed by atoms with Gasteiger partial charge in [0, 0.05) is 0 Å². The number of hydrogen-bond donors (Lipinski definition) is 20. The Balaban J connectivity index is 0. The van der Waals surface area contributed by atoms with Gasteiger partial charge in [-0.05, 0) is 0 Å². The van der Waals surface area contributed by atoms with Crippen LogP contribution in [0, 0.1) is 0 Å². The van der Waals surface area contributed by atoms with Crippen molar-refractivity contribution >= 4 is 76.8 Å². The van der Waals surface area contributed by atoms with Crippen LogP contribution in [0.3, 0.4) is 0 Å². The van der Waals surface area contributed by atoms with Crippen molar-refractivity contribution in [1.82, 2.24) is 0 Å². The molecule has 0 aromatic heterocycles. The summed E-state index contributed by atoms with van der Waals surface area (Å²) in [5.74, 6) is 0. The summed E-state index contributed by atoms with van der Waals surface area (Å²) in [6.07, 6.45) is -2.58. The summed E-state index contributed by atoms with van der Waals surface area (Å²) in [7, 11) is -63.6. The van der Waals surface area contributed by atoms with Gasteiger partial charge in [0.2, 0.25) is 0 Å². The summed E-state index contributed by atoms with van der Waals surface area (Å²) in [5.41, 5.74) is -37.5. The Morgan fingerprint density at radius 2 is 0.625 bits per heavy atom. The highest BCUT2D eigenvalue weighted by Gasteiger charge is 2.72. The van der Waals surface area contributed by atoms with Crippen molar-refractivity contribution in [3.05, 3.63) is 0 Å². The average Bonchev–Trinajstić information content (AvgIpc) is 2.65. The van der Waals surface area contributed by atoms with Gasteiger partial charge in [0.05, 0.1) is 48.5 Å². The molecule has 7 unspecified atom stereocenters. The fraction of sp³-hybridized carbons (Fsp3) is 1.00. The maximum absolute atomic E-state index is 12.7. The third-order valence-electron chi connectivity index (χ3n) is 6.10. The van der Waals surface area contributed by atoms with E-state index < -0.39 is 120 Å². The van der Waals surface area contributed by atoms with Gasteiger partial charge in [-0.25, -0.2) is 0 Å². The van der Waals surface area contributed by atoms with Crippen LogP contribution in [0.5, 0.6) is 0 Å². The lowest BCUT2D eigenvalue weighted by molar-refractivity contribution is -0.110. The van der Waals surface area contributed by atoms with E-state index in [0.29, 0.717) is 0 Å². The molecule has 29 nitrogen and oxygen atoms in total. The highest BCUT2D eigenvalue weighted by Crippen LogP contribution is 2.74. The van der Waals surface area contributed by atoms with Gasteiger partial charge < -0.3 is 98.3 Å². The van der Waals surface area contributed by atoms with Crippen LogP contribution >= 0.6 is 68.4 Å². The van der Waals surface area contributed by atoms with E-state index in [0.717, 1.165) is 0 Å². The molecule has 0 aromatic carbocycles. The molecule has 0 aliphatic carbocycles. The van der Waals surface area contributed by atoms with E-state index in [-0.39, 0.29) is 8.41 Å². The highest BCUT2D eigenvalue weighted by molar-refractivity contribution is 7.64. The third kappa shape index (κ3) is 13.3. The minimum Gasteiger partial charge on any atom is -0.355 e. The number of hydrogen-bond acceptors (Lipinski definition) is 11. The van der Waals surface area contributed by atoms with E-state index >= 15 is 0 Å². The van der Waals surface area contributed by atoms with Gasteiger partial charge in [-0.2, -0.15) is 0 Å². The van der Waals surface area contributed by atoms with Crippen molar-refractivity contribution in [1.29, 1.82) is 0 Å². The molecule has 0 fully saturated rings. The number of aliphatic hydroxyl groups is 2. The van der Waals surface area contributed by atoms with Gasteiger partial charge in [-0.3, -0.25) is 41.1 Å². The maximum Gasteiger partial charge on any atom is 0.385 e. The topological polar surface area (TPSA) is 558 Å². The Bertz CT molecular complexity index is 1580. The second-order valence-corrected chi connectivity index (χ2v) is 25.6. The van der Waals surface area contributed by atoms with Crippen LogP contribution in [0.1, 0.15) is 0 Å². The van der Waals surface area contributed by atoms with Gasteiger partial charge in [0.15, 0.2) is 0 Å². The highest BCUT2D eigenvalue weighted by atomic mass is 31.2. The molecule has 20 N–H and O–H groups in total. The molecule has 0 bridgehead atoms. The molecule has 39 heteroatoms. The smallest absolute Gasteiger partial charge is 0.355 e. The molecule has 0 saturated heterocycles. The van der Waals surface area contributed by atoms with E-state index in [1.807, 2.05) is 0 Å². The molecule has 0 radical (unpaired) electrons. The Kier molecular flexibility index (Phi) is 16.7. The van der Waals surface area contributed by atoms with E-state index in [4.69, 9.17) is 0 Å². The molecule has 0 rings (SSSR count). The van der Waals surface area contributed by atoms with Crippen molar-refractivity contribution in [2.75, 3.05) is 6.16 Å². The fourth-order valence-corrected chi connectivity index (χ4v) is 22.8. The molecule has 0 heterocycles. The first kappa shape index (κ1) is 51.4. The lowest BCUT2D eigenvalue weighted by Crippen LogP contribution is -2.58. The molecular weight excluding hydrogens is 862 g/mol. The minimum atomic E-state index is -7.40. The first-order chi connectivity index (χ1) is 19.8. The number of rotatable bonds is 17. The quantitative estimate of drug-likeness (QED) is 0.0367. The zero-order valence-electron chi connectivity index (χ0n) is 21.9. The summed E-state index contributed by atoms with van der Waals surface area (Å²) < 4.78 is 111. The molecule has 0 spiro atoms.